The summed E-state index contributed by atoms with van der Waals surface area (Å²) in [4.78, 5) is 36.3. The Labute approximate surface area is 151 Å². The van der Waals surface area contributed by atoms with Crippen LogP contribution in [0.4, 0.5) is 10.0 Å². The van der Waals surface area contributed by atoms with E-state index in [1.807, 2.05) is 0 Å². The molecule has 1 aliphatic rings. The first-order chi connectivity index (χ1) is 12.0. The quantitative estimate of drug-likeness (QED) is 0.480. The normalized spacial score (nSPS) is 13.2. The van der Waals surface area contributed by atoms with Gasteiger partial charge in [0.25, 0.3) is 5.91 Å². The van der Waals surface area contributed by atoms with Gasteiger partial charge in [0.1, 0.15) is 5.00 Å². The molecule has 0 bridgehead atoms. The lowest BCUT2D eigenvalue weighted by Gasteiger charge is -2.12. The third kappa shape index (κ3) is 3.57. The van der Waals surface area contributed by atoms with E-state index in [9.17, 15) is 19.7 Å². The molecule has 0 aromatic carbocycles. The Morgan fingerprint density at radius 2 is 2.04 bits per heavy atom. The van der Waals surface area contributed by atoms with Gasteiger partial charge in [0.05, 0.1) is 22.0 Å². The number of nitro groups is 1. The molecule has 2 aromatic heterocycles. The highest BCUT2D eigenvalue weighted by atomic mass is 32.1. The summed E-state index contributed by atoms with van der Waals surface area (Å²) in [7, 11) is 0. The second-order valence-corrected chi connectivity index (χ2v) is 7.65. The van der Waals surface area contributed by atoms with Gasteiger partial charge in [-0.2, -0.15) is 0 Å². The van der Waals surface area contributed by atoms with Crippen LogP contribution in [0.5, 0.6) is 0 Å². The number of hydrogen-bond acceptors (Lipinski definition) is 7. The predicted octanol–water partition coefficient (Wildman–Crippen LogP) is 4.03. The Bertz CT molecular complexity index is 840. The van der Waals surface area contributed by atoms with Crippen molar-refractivity contribution in [2.45, 2.75) is 32.6 Å². The maximum Gasteiger partial charge on any atom is 0.341 e. The number of carbonyl (C=O) groups excluding carboxylic acids is 2. The zero-order chi connectivity index (χ0) is 18.0. The van der Waals surface area contributed by atoms with Crippen LogP contribution in [0.1, 0.15) is 50.2 Å². The van der Waals surface area contributed by atoms with E-state index in [-0.39, 0.29) is 16.5 Å². The van der Waals surface area contributed by atoms with E-state index in [0.717, 1.165) is 47.5 Å². The molecule has 0 saturated carbocycles. The van der Waals surface area contributed by atoms with E-state index in [4.69, 9.17) is 4.74 Å². The molecular weight excluding hydrogens is 364 g/mol. The van der Waals surface area contributed by atoms with Gasteiger partial charge in [-0.15, -0.1) is 11.3 Å². The number of aryl methyl sites for hydroxylation is 1. The minimum absolute atomic E-state index is 0.0961. The van der Waals surface area contributed by atoms with E-state index in [0.29, 0.717) is 10.6 Å². The minimum atomic E-state index is -0.532. The zero-order valence-corrected chi connectivity index (χ0v) is 15.1. The molecule has 0 unspecified atom stereocenters. The monoisotopic (exact) mass is 380 g/mol. The molecule has 7 nitrogen and oxygen atoms in total. The molecule has 0 atom stereocenters. The van der Waals surface area contributed by atoms with Gasteiger partial charge in [0, 0.05) is 10.9 Å². The molecular formula is C16H16N2O5S2. The maximum atomic E-state index is 12.4. The molecule has 1 aliphatic carbocycles. The average molecular weight is 380 g/mol. The second kappa shape index (κ2) is 7.32. The molecule has 3 rings (SSSR count). The van der Waals surface area contributed by atoms with Gasteiger partial charge in [0.2, 0.25) is 0 Å². The molecule has 0 aliphatic heterocycles. The fourth-order valence-corrected chi connectivity index (χ4v) is 4.77. The first-order valence-electron chi connectivity index (χ1n) is 7.88. The van der Waals surface area contributed by atoms with E-state index >= 15 is 0 Å². The predicted molar refractivity (Wildman–Crippen MR) is 95.8 cm³/mol. The highest BCUT2D eigenvalue weighted by molar-refractivity contribution is 7.18. The van der Waals surface area contributed by atoms with Gasteiger partial charge < -0.3 is 10.1 Å². The smallest absolute Gasteiger partial charge is 0.341 e. The van der Waals surface area contributed by atoms with Crippen LogP contribution in [0.3, 0.4) is 0 Å². The van der Waals surface area contributed by atoms with Crippen molar-refractivity contribution in [1.82, 2.24) is 0 Å². The van der Waals surface area contributed by atoms with Crippen LogP contribution in [0.15, 0.2) is 12.1 Å². The molecule has 9 heteroatoms. The number of hydrogen-bond donors (Lipinski definition) is 1. The Morgan fingerprint density at radius 3 is 2.72 bits per heavy atom. The molecule has 132 valence electrons. The Morgan fingerprint density at radius 1 is 1.28 bits per heavy atom. The number of anilines is 1. The molecule has 0 fully saturated rings. The van der Waals surface area contributed by atoms with E-state index in [1.54, 1.807) is 6.92 Å². The SMILES string of the molecule is CCOC(=O)c1c(NC(=O)c2ccc([N+](=O)[O-])s2)sc2c1CCCC2. The van der Waals surface area contributed by atoms with E-state index in [2.05, 4.69) is 5.32 Å². The number of ether oxygens (including phenoxy) is 1. The third-order valence-electron chi connectivity index (χ3n) is 3.87. The number of nitrogens with one attached hydrogen (secondary N) is 1. The number of nitrogens with zero attached hydrogens (tertiary/aromatic N) is 1. The maximum absolute atomic E-state index is 12.4. The largest absolute Gasteiger partial charge is 0.462 e. The number of esters is 1. The fourth-order valence-electron chi connectivity index (χ4n) is 2.79. The summed E-state index contributed by atoms with van der Waals surface area (Å²) in [6.07, 6.45) is 3.73. The van der Waals surface area contributed by atoms with Gasteiger partial charge in [0.15, 0.2) is 0 Å². The summed E-state index contributed by atoms with van der Waals surface area (Å²) in [6.45, 7) is 1.99. The molecule has 1 amide bonds. The van der Waals surface area contributed by atoms with Crippen molar-refractivity contribution in [3.63, 3.8) is 0 Å². The van der Waals surface area contributed by atoms with E-state index in [1.165, 1.54) is 23.5 Å². The Balaban J connectivity index is 1.90. The molecule has 1 N–H and O–H groups in total. The third-order valence-corrected chi connectivity index (χ3v) is 6.12. The van der Waals surface area contributed by atoms with Crippen molar-refractivity contribution in [2.24, 2.45) is 0 Å². The van der Waals surface area contributed by atoms with Gasteiger partial charge in [-0.25, -0.2) is 4.79 Å². The van der Waals surface area contributed by atoms with Crippen molar-refractivity contribution < 1.29 is 19.2 Å². The standard InChI is InChI=1S/C16H16N2O5S2/c1-2-23-16(20)13-9-5-3-4-6-10(9)25-15(13)17-14(19)11-7-8-12(24-11)18(21)22/h7-8H,2-6H2,1H3,(H,17,19). The van der Waals surface area contributed by atoms with Gasteiger partial charge >= 0.3 is 11.0 Å². The second-order valence-electron chi connectivity index (χ2n) is 5.48. The molecule has 2 heterocycles. The minimum Gasteiger partial charge on any atom is -0.462 e. The first-order valence-corrected chi connectivity index (χ1v) is 9.51. The summed E-state index contributed by atoms with van der Waals surface area (Å²) < 4.78 is 5.15. The average Bonchev–Trinajstić information content (AvgIpc) is 3.19. The van der Waals surface area contributed by atoms with Crippen LogP contribution < -0.4 is 5.32 Å². The Hall–Kier alpha value is -2.26. The van der Waals surface area contributed by atoms with Crippen molar-refractivity contribution in [2.75, 3.05) is 11.9 Å². The van der Waals surface area contributed by atoms with Crippen molar-refractivity contribution in [3.8, 4) is 0 Å². The molecule has 0 spiro atoms. The van der Waals surface area contributed by atoms with Crippen LogP contribution in [-0.4, -0.2) is 23.4 Å². The summed E-state index contributed by atoms with van der Waals surface area (Å²) in [5.74, 6) is -0.892. The summed E-state index contributed by atoms with van der Waals surface area (Å²) >= 11 is 2.20. The molecule has 0 radical (unpaired) electrons. The Kier molecular flexibility index (Phi) is 5.14. The van der Waals surface area contributed by atoms with Crippen LogP contribution in [-0.2, 0) is 17.6 Å². The molecule has 2 aromatic rings. The zero-order valence-electron chi connectivity index (χ0n) is 13.5. The van der Waals surface area contributed by atoms with Crippen LogP contribution in [0.25, 0.3) is 0 Å². The van der Waals surface area contributed by atoms with Crippen molar-refractivity contribution in [1.29, 1.82) is 0 Å². The lowest BCUT2D eigenvalue weighted by Crippen LogP contribution is -2.15. The molecule has 25 heavy (non-hydrogen) atoms. The topological polar surface area (TPSA) is 98.5 Å². The van der Waals surface area contributed by atoms with Gasteiger partial charge in [-0.05, 0) is 44.2 Å². The first kappa shape index (κ1) is 17.6. The highest BCUT2D eigenvalue weighted by Gasteiger charge is 2.28. The van der Waals surface area contributed by atoms with E-state index < -0.39 is 16.8 Å². The lowest BCUT2D eigenvalue weighted by molar-refractivity contribution is -0.380. The fraction of sp³-hybridized carbons (Fsp3) is 0.375. The summed E-state index contributed by atoms with van der Waals surface area (Å²) in [5, 5.41) is 13.9. The number of carbonyl (C=O) groups is 2. The van der Waals surface area contributed by atoms with Crippen molar-refractivity contribution >= 4 is 44.6 Å². The van der Waals surface area contributed by atoms with Gasteiger partial charge in [-0.1, -0.05) is 11.3 Å². The van der Waals surface area contributed by atoms with Crippen LogP contribution >= 0.6 is 22.7 Å². The highest BCUT2D eigenvalue weighted by Crippen LogP contribution is 2.39. The lowest BCUT2D eigenvalue weighted by atomic mass is 9.95. The van der Waals surface area contributed by atoms with Gasteiger partial charge in [-0.3, -0.25) is 14.9 Å². The number of fused-ring (bicyclic) bond motifs is 1. The van der Waals surface area contributed by atoms with Crippen LogP contribution in [0.2, 0.25) is 0 Å². The molecule has 0 saturated heterocycles. The summed E-state index contributed by atoms with van der Waals surface area (Å²) in [5.41, 5.74) is 1.39. The van der Waals surface area contributed by atoms with Crippen molar-refractivity contribution in [3.05, 3.63) is 43.1 Å². The number of rotatable bonds is 5. The van der Waals surface area contributed by atoms with Crippen LogP contribution in [0, 0.1) is 10.1 Å². The number of amides is 1. The number of thiophene rings is 2. The summed E-state index contributed by atoms with van der Waals surface area (Å²) in [6, 6.07) is 2.71.